The molecule has 26 heavy (non-hydrogen) atoms. The first-order chi connectivity index (χ1) is 12.7. The third-order valence-electron chi connectivity index (χ3n) is 5.24. The van der Waals surface area contributed by atoms with Gasteiger partial charge in [0.1, 0.15) is 11.9 Å². The zero-order valence-corrected chi connectivity index (χ0v) is 15.6. The number of rotatable bonds is 7. The predicted octanol–water partition coefficient (Wildman–Crippen LogP) is 1.61. The second kappa shape index (κ2) is 8.89. The summed E-state index contributed by atoms with van der Waals surface area (Å²) in [5.74, 6) is 1.49. The number of hydrogen-bond acceptors (Lipinski definition) is 5. The van der Waals surface area contributed by atoms with Crippen molar-refractivity contribution in [3.8, 4) is 0 Å². The Morgan fingerprint density at radius 1 is 1.27 bits per heavy atom. The van der Waals surface area contributed by atoms with E-state index in [9.17, 15) is 4.79 Å². The summed E-state index contributed by atoms with van der Waals surface area (Å²) >= 11 is 0. The van der Waals surface area contributed by atoms with Crippen LogP contribution in [-0.4, -0.2) is 57.7 Å². The molecule has 1 aromatic heterocycles. The molecule has 1 aromatic carbocycles. The van der Waals surface area contributed by atoms with E-state index in [2.05, 4.69) is 20.8 Å². The summed E-state index contributed by atoms with van der Waals surface area (Å²) in [5, 5.41) is 15.0. The first-order valence-corrected chi connectivity index (χ1v) is 9.41. The Hall–Kier alpha value is -2.28. The lowest BCUT2D eigenvalue weighted by Gasteiger charge is -2.34. The minimum absolute atomic E-state index is 0.122. The Labute approximate surface area is 154 Å². The van der Waals surface area contributed by atoms with Crippen molar-refractivity contribution in [1.29, 1.82) is 0 Å². The molecule has 3 rings (SSSR count). The molecule has 2 heterocycles. The molecule has 1 unspecified atom stereocenters. The quantitative estimate of drug-likeness (QED) is 0.816. The fraction of sp³-hybridized carbons (Fsp3) is 0.579. The lowest BCUT2D eigenvalue weighted by molar-refractivity contribution is -0.136. The maximum absolute atomic E-state index is 13.3. The van der Waals surface area contributed by atoms with Crippen LogP contribution in [0.3, 0.4) is 0 Å². The Bertz CT molecular complexity index is 693. The molecule has 1 aliphatic heterocycles. The Morgan fingerprint density at radius 2 is 2.00 bits per heavy atom. The van der Waals surface area contributed by atoms with Crippen molar-refractivity contribution in [3.05, 3.63) is 41.7 Å². The van der Waals surface area contributed by atoms with Crippen LogP contribution < -0.4 is 5.32 Å². The minimum Gasteiger partial charge on any atom is -0.341 e. The molecule has 1 saturated heterocycles. The average Bonchev–Trinajstić information content (AvgIpc) is 3.11. The monoisotopic (exact) mass is 356 g/mol. The number of tetrazole rings is 1. The number of carbonyl (C=O) groups is 1. The van der Waals surface area contributed by atoms with Crippen molar-refractivity contribution in [1.82, 2.24) is 30.4 Å². The summed E-state index contributed by atoms with van der Waals surface area (Å²) in [5.41, 5.74) is 1.12. The molecule has 1 atom stereocenters. The number of carbonyl (C=O) groups excluding carboxylic acids is 1. The molecule has 7 nitrogen and oxygen atoms in total. The summed E-state index contributed by atoms with van der Waals surface area (Å²) in [6.45, 7) is 4.52. The van der Waals surface area contributed by atoms with Gasteiger partial charge in [-0.2, -0.15) is 0 Å². The third-order valence-corrected chi connectivity index (χ3v) is 5.24. The molecule has 1 N–H and O–H groups in total. The molecule has 7 heteroatoms. The highest BCUT2D eigenvalue weighted by Crippen LogP contribution is 2.24. The zero-order chi connectivity index (χ0) is 18.4. The van der Waals surface area contributed by atoms with Crippen molar-refractivity contribution in [2.24, 2.45) is 5.92 Å². The molecule has 0 radical (unpaired) electrons. The molecule has 1 amide bonds. The van der Waals surface area contributed by atoms with Crippen LogP contribution in [0.25, 0.3) is 0 Å². The molecule has 0 aliphatic carbocycles. The number of benzene rings is 1. The van der Waals surface area contributed by atoms with E-state index in [4.69, 9.17) is 0 Å². The first-order valence-electron chi connectivity index (χ1n) is 9.41. The lowest BCUT2D eigenvalue weighted by Crippen LogP contribution is -2.43. The van der Waals surface area contributed by atoms with Gasteiger partial charge in [-0.1, -0.05) is 30.3 Å². The largest absolute Gasteiger partial charge is 0.341 e. The molecule has 0 spiro atoms. The number of piperidine rings is 1. The maximum Gasteiger partial charge on any atom is 0.247 e. The van der Waals surface area contributed by atoms with Crippen molar-refractivity contribution >= 4 is 5.91 Å². The van der Waals surface area contributed by atoms with Crippen LogP contribution in [0.5, 0.6) is 0 Å². The van der Waals surface area contributed by atoms with Crippen molar-refractivity contribution in [2.45, 2.75) is 38.6 Å². The van der Waals surface area contributed by atoms with E-state index >= 15 is 0 Å². The zero-order valence-electron chi connectivity index (χ0n) is 15.6. The van der Waals surface area contributed by atoms with Gasteiger partial charge in [0.05, 0.1) is 0 Å². The number of aromatic nitrogens is 4. The Morgan fingerprint density at radius 3 is 2.62 bits per heavy atom. The Balaban J connectivity index is 1.71. The van der Waals surface area contributed by atoms with Crippen LogP contribution >= 0.6 is 0 Å². The Kier molecular flexibility index (Phi) is 6.33. The summed E-state index contributed by atoms with van der Waals surface area (Å²) in [4.78, 5) is 15.3. The van der Waals surface area contributed by atoms with Crippen LogP contribution in [0.4, 0.5) is 0 Å². The van der Waals surface area contributed by atoms with Gasteiger partial charge in [-0.25, -0.2) is 4.68 Å². The summed E-state index contributed by atoms with van der Waals surface area (Å²) in [7, 11) is 1.99. The molecule has 0 bridgehead atoms. The molecule has 1 aliphatic rings. The maximum atomic E-state index is 13.3. The van der Waals surface area contributed by atoms with Gasteiger partial charge >= 0.3 is 0 Å². The normalized spacial score (nSPS) is 16.6. The van der Waals surface area contributed by atoms with Crippen LogP contribution in [0.2, 0.25) is 0 Å². The topological polar surface area (TPSA) is 75.9 Å². The van der Waals surface area contributed by atoms with Gasteiger partial charge in [-0.15, -0.1) is 5.10 Å². The fourth-order valence-electron chi connectivity index (χ4n) is 3.64. The van der Waals surface area contributed by atoms with E-state index in [0.29, 0.717) is 18.2 Å². The van der Waals surface area contributed by atoms with Crippen molar-refractivity contribution in [3.63, 3.8) is 0 Å². The van der Waals surface area contributed by atoms with E-state index in [1.165, 1.54) is 6.42 Å². The van der Waals surface area contributed by atoms with Crippen molar-refractivity contribution in [2.75, 3.05) is 26.7 Å². The van der Waals surface area contributed by atoms with Crippen LogP contribution in [0.1, 0.15) is 36.7 Å². The van der Waals surface area contributed by atoms with E-state index in [1.807, 2.05) is 49.2 Å². The summed E-state index contributed by atoms with van der Waals surface area (Å²) < 4.78 is 1.67. The average molecular weight is 356 g/mol. The van der Waals surface area contributed by atoms with E-state index in [1.54, 1.807) is 4.68 Å². The van der Waals surface area contributed by atoms with Crippen molar-refractivity contribution < 1.29 is 4.79 Å². The number of nitrogens with one attached hydrogen (secondary N) is 1. The highest BCUT2D eigenvalue weighted by Gasteiger charge is 2.31. The summed E-state index contributed by atoms with van der Waals surface area (Å²) in [6.07, 6.45) is 3.92. The fourth-order valence-corrected chi connectivity index (χ4v) is 3.64. The summed E-state index contributed by atoms with van der Waals surface area (Å²) in [6, 6.07) is 9.68. The lowest BCUT2D eigenvalue weighted by atomic mass is 9.93. The highest BCUT2D eigenvalue weighted by molar-refractivity contribution is 5.80. The SMILES string of the molecule is CNCCC1CCN(C(=O)C(Cc2ccccc2)n2nnnc2C)CC1. The number of nitrogens with zero attached hydrogens (tertiary/aromatic N) is 5. The van der Waals surface area contributed by atoms with Crippen LogP contribution in [-0.2, 0) is 11.2 Å². The van der Waals surface area contributed by atoms with Gasteiger partial charge < -0.3 is 10.2 Å². The van der Waals surface area contributed by atoms with E-state index in [-0.39, 0.29) is 11.9 Å². The highest BCUT2D eigenvalue weighted by atomic mass is 16.2. The second-order valence-corrected chi connectivity index (χ2v) is 7.04. The van der Waals surface area contributed by atoms with E-state index in [0.717, 1.165) is 38.0 Å². The number of aryl methyl sites for hydroxylation is 1. The molecular weight excluding hydrogens is 328 g/mol. The van der Waals surface area contributed by atoms with Gasteiger partial charge in [0.2, 0.25) is 5.91 Å². The predicted molar refractivity (Wildman–Crippen MR) is 99.6 cm³/mol. The smallest absolute Gasteiger partial charge is 0.247 e. The number of likely N-dealkylation sites (tertiary alicyclic amines) is 1. The van der Waals surface area contributed by atoms with Gasteiger partial charge in [0, 0.05) is 19.5 Å². The molecular formula is C19H28N6O. The van der Waals surface area contributed by atoms with Crippen LogP contribution in [0.15, 0.2) is 30.3 Å². The number of amides is 1. The van der Waals surface area contributed by atoms with Gasteiger partial charge in [-0.05, 0) is 61.7 Å². The van der Waals surface area contributed by atoms with Gasteiger partial charge in [0.15, 0.2) is 0 Å². The number of hydrogen-bond donors (Lipinski definition) is 1. The molecule has 0 saturated carbocycles. The molecule has 1 fully saturated rings. The van der Waals surface area contributed by atoms with Gasteiger partial charge in [-0.3, -0.25) is 4.79 Å². The minimum atomic E-state index is -0.388. The second-order valence-electron chi connectivity index (χ2n) is 7.04. The van der Waals surface area contributed by atoms with E-state index < -0.39 is 0 Å². The third kappa shape index (κ3) is 4.46. The standard InChI is InChI=1S/C19H28N6O/c1-15-21-22-23-25(15)18(14-17-6-4-3-5-7-17)19(26)24-12-9-16(10-13-24)8-11-20-2/h3-7,16,18,20H,8-14H2,1-2H3. The van der Waals surface area contributed by atoms with Crippen LogP contribution in [0, 0.1) is 12.8 Å². The van der Waals surface area contributed by atoms with Gasteiger partial charge in [0.25, 0.3) is 0 Å². The molecule has 2 aromatic rings. The molecule has 140 valence electrons. The first kappa shape index (κ1) is 18.5.